The monoisotopic (exact) mass is 642 g/mol. The van der Waals surface area contributed by atoms with Gasteiger partial charge in [-0.25, -0.2) is 0 Å². The minimum absolute atomic E-state index is 0.313. The molecule has 0 saturated carbocycles. The molecule has 0 atom stereocenters. The highest BCUT2D eigenvalue weighted by molar-refractivity contribution is 7.72. The molecule has 10 rings (SSSR count). The third-order valence-corrected chi connectivity index (χ3v) is 9.64. The van der Waals surface area contributed by atoms with E-state index in [1.165, 1.54) is 0 Å². The number of rotatable bonds is 3. The first-order valence-corrected chi connectivity index (χ1v) is 16.0. The Bertz CT molecular complexity index is 2980. The lowest BCUT2D eigenvalue weighted by Gasteiger charge is -2.19. The Morgan fingerprint density at radius 2 is 0.872 bits per heavy atom. The summed E-state index contributed by atoms with van der Waals surface area (Å²) in [5.74, 6) is 0.568. The van der Waals surface area contributed by atoms with Gasteiger partial charge in [-0.2, -0.15) is 4.98 Å². The summed E-state index contributed by atoms with van der Waals surface area (Å²) in [7, 11) is 0. The van der Waals surface area contributed by atoms with Crippen molar-refractivity contribution in [3.8, 4) is 17.3 Å². The van der Waals surface area contributed by atoms with Crippen LogP contribution < -0.4 is 0 Å². The van der Waals surface area contributed by atoms with E-state index in [0.717, 1.165) is 65.9 Å². The van der Waals surface area contributed by atoms with E-state index < -0.39 is 0 Å². The van der Waals surface area contributed by atoms with E-state index in [4.69, 9.17) is 38.3 Å². The lowest BCUT2D eigenvalue weighted by atomic mass is 10.1. The molecule has 0 aliphatic heterocycles. The molecule has 0 bridgehead atoms. The Morgan fingerprint density at radius 1 is 0.426 bits per heavy atom. The van der Waals surface area contributed by atoms with Crippen molar-refractivity contribution < 1.29 is 8.83 Å². The minimum atomic E-state index is 0.313. The van der Waals surface area contributed by atoms with Crippen molar-refractivity contribution in [3.63, 3.8) is 0 Å². The zero-order chi connectivity index (χ0) is 31.2. The summed E-state index contributed by atoms with van der Waals surface area (Å²) < 4.78 is 19.7. The van der Waals surface area contributed by atoms with Gasteiger partial charge in [0.05, 0.1) is 22.4 Å². The average Bonchev–Trinajstić information content (AvgIpc) is 3.78. The second-order valence-corrected chi connectivity index (χ2v) is 12.3. The molecule has 222 valence electrons. The van der Waals surface area contributed by atoms with E-state index in [2.05, 4.69) is 65.2 Å². The Labute approximate surface area is 276 Å². The molecule has 47 heavy (non-hydrogen) atoms. The Balaban J connectivity index is 1.39. The van der Waals surface area contributed by atoms with Gasteiger partial charge < -0.3 is 8.83 Å². The number of para-hydroxylation sites is 6. The standard InChI is InChI=1S/C39H22N4O2S2/c46-38-40-37(41-29-17-5-1-11-23(29)24-12-2-6-18-30(24)41)42(31-19-9-15-27-25-13-3-7-21-33(25)44-35(27)31)39(47)43(38)32-20-10-16-28-26-14-4-8-22-34(26)45-36(28)32/h1-22H. The molecule has 10 aromatic rings. The lowest BCUT2D eigenvalue weighted by Crippen LogP contribution is -2.17. The summed E-state index contributed by atoms with van der Waals surface area (Å²) in [6.07, 6.45) is 0. The van der Waals surface area contributed by atoms with Crippen LogP contribution in [0.5, 0.6) is 0 Å². The number of hydrogen-bond acceptors (Lipinski definition) is 5. The lowest BCUT2D eigenvalue weighted by molar-refractivity contribution is 0.655. The third kappa shape index (κ3) is 3.68. The predicted molar refractivity (Wildman–Crippen MR) is 193 cm³/mol. The number of furan rings is 2. The quantitative estimate of drug-likeness (QED) is 0.180. The van der Waals surface area contributed by atoms with E-state index in [9.17, 15) is 0 Å². The Kier molecular flexibility index (Phi) is 5.52. The normalized spacial score (nSPS) is 12.0. The number of aromatic nitrogens is 4. The molecule has 0 amide bonds. The summed E-state index contributed by atoms with van der Waals surface area (Å²) in [6.45, 7) is 0. The van der Waals surface area contributed by atoms with Crippen LogP contribution in [0.2, 0.25) is 0 Å². The smallest absolute Gasteiger partial charge is 0.224 e. The minimum Gasteiger partial charge on any atom is -0.454 e. The van der Waals surface area contributed by atoms with E-state index in [1.54, 1.807) is 0 Å². The van der Waals surface area contributed by atoms with Crippen molar-refractivity contribution in [2.75, 3.05) is 0 Å². The van der Waals surface area contributed by atoms with Crippen LogP contribution in [0.3, 0.4) is 0 Å². The van der Waals surface area contributed by atoms with Crippen LogP contribution in [0.4, 0.5) is 0 Å². The molecule has 0 aliphatic carbocycles. The van der Waals surface area contributed by atoms with E-state index >= 15 is 0 Å². The first kappa shape index (κ1) is 26.4. The maximum Gasteiger partial charge on any atom is 0.224 e. The Morgan fingerprint density at radius 3 is 1.43 bits per heavy atom. The SMILES string of the molecule is S=c1nc(-n2c3ccccc3c3ccccc32)n(-c2cccc3c2oc2ccccc23)c(=S)n1-c1cccc2c1oc1ccccc12. The van der Waals surface area contributed by atoms with Gasteiger partial charge in [0.25, 0.3) is 0 Å². The fourth-order valence-electron chi connectivity index (χ4n) is 6.97. The van der Waals surface area contributed by atoms with Gasteiger partial charge in [0, 0.05) is 32.3 Å². The first-order valence-electron chi connectivity index (χ1n) is 15.2. The Hall–Kier alpha value is -5.83. The van der Waals surface area contributed by atoms with Crippen LogP contribution in [0.15, 0.2) is 142 Å². The van der Waals surface area contributed by atoms with Crippen molar-refractivity contribution in [2.45, 2.75) is 0 Å². The van der Waals surface area contributed by atoms with Crippen LogP contribution in [0.25, 0.3) is 83.0 Å². The van der Waals surface area contributed by atoms with Crippen LogP contribution in [-0.4, -0.2) is 18.7 Å². The summed E-state index contributed by atoms with van der Waals surface area (Å²) in [4.78, 5) is 5.20. The van der Waals surface area contributed by atoms with Gasteiger partial charge in [0.1, 0.15) is 11.2 Å². The maximum absolute atomic E-state index is 6.57. The van der Waals surface area contributed by atoms with Crippen molar-refractivity contribution in [2.24, 2.45) is 0 Å². The first-order chi connectivity index (χ1) is 23.2. The molecule has 0 spiro atoms. The van der Waals surface area contributed by atoms with Crippen molar-refractivity contribution >= 4 is 90.1 Å². The highest BCUT2D eigenvalue weighted by atomic mass is 32.1. The van der Waals surface area contributed by atoms with E-state index in [-0.39, 0.29) is 0 Å². The van der Waals surface area contributed by atoms with Crippen molar-refractivity contribution in [3.05, 3.63) is 143 Å². The van der Waals surface area contributed by atoms with Crippen molar-refractivity contribution in [1.29, 1.82) is 0 Å². The van der Waals surface area contributed by atoms with E-state index in [0.29, 0.717) is 26.7 Å². The molecule has 0 unspecified atom stereocenters. The zero-order valence-corrected chi connectivity index (χ0v) is 26.3. The zero-order valence-electron chi connectivity index (χ0n) is 24.6. The van der Waals surface area contributed by atoms with Crippen LogP contribution in [-0.2, 0) is 0 Å². The molecule has 8 heteroatoms. The molecule has 4 aromatic heterocycles. The third-order valence-electron chi connectivity index (χ3n) is 9.00. The molecule has 0 N–H and O–H groups in total. The molecule has 6 nitrogen and oxygen atoms in total. The topological polar surface area (TPSA) is 54.0 Å². The molecule has 0 radical (unpaired) electrons. The number of fused-ring (bicyclic) bond motifs is 9. The summed E-state index contributed by atoms with van der Waals surface area (Å²) in [5.41, 5.74) is 6.46. The molecule has 4 heterocycles. The summed E-state index contributed by atoms with van der Waals surface area (Å²) in [5, 5.41) is 6.24. The van der Waals surface area contributed by atoms with E-state index in [1.807, 2.05) is 81.9 Å². The fraction of sp³-hybridized carbons (Fsp3) is 0. The second-order valence-electron chi connectivity index (χ2n) is 11.5. The van der Waals surface area contributed by atoms with Crippen LogP contribution in [0.1, 0.15) is 0 Å². The average molecular weight is 643 g/mol. The highest BCUT2D eigenvalue weighted by Crippen LogP contribution is 2.38. The van der Waals surface area contributed by atoms with Gasteiger partial charge >= 0.3 is 0 Å². The largest absolute Gasteiger partial charge is 0.454 e. The molecule has 0 saturated heterocycles. The van der Waals surface area contributed by atoms with Gasteiger partial charge in [-0.05, 0) is 60.8 Å². The second kappa shape index (κ2) is 9.83. The summed E-state index contributed by atoms with van der Waals surface area (Å²) >= 11 is 12.6. The number of hydrogen-bond donors (Lipinski definition) is 0. The number of nitrogens with zero attached hydrogens (tertiary/aromatic N) is 4. The molecule has 6 aromatic carbocycles. The molecule has 0 aliphatic rings. The highest BCUT2D eigenvalue weighted by Gasteiger charge is 2.23. The van der Waals surface area contributed by atoms with Gasteiger partial charge in [-0.3, -0.25) is 13.7 Å². The number of benzene rings is 6. The van der Waals surface area contributed by atoms with Crippen LogP contribution in [0, 0.1) is 9.54 Å². The summed E-state index contributed by atoms with van der Waals surface area (Å²) in [6, 6.07) is 44.9. The van der Waals surface area contributed by atoms with Crippen LogP contribution >= 0.6 is 24.4 Å². The fourth-order valence-corrected chi connectivity index (χ4v) is 7.66. The molecule has 0 fully saturated rings. The van der Waals surface area contributed by atoms with Gasteiger partial charge in [0.2, 0.25) is 10.7 Å². The molecular formula is C39H22N4O2S2. The maximum atomic E-state index is 6.57. The van der Waals surface area contributed by atoms with Gasteiger partial charge in [-0.1, -0.05) is 97.1 Å². The molecular weight excluding hydrogens is 621 g/mol. The van der Waals surface area contributed by atoms with Crippen molar-refractivity contribution in [1.82, 2.24) is 18.7 Å². The van der Waals surface area contributed by atoms with Gasteiger partial charge in [0.15, 0.2) is 15.9 Å². The predicted octanol–water partition coefficient (Wildman–Crippen LogP) is 11.0. The van der Waals surface area contributed by atoms with Gasteiger partial charge in [-0.15, -0.1) is 0 Å².